The molecule has 0 aromatic rings. The zero-order chi connectivity index (χ0) is 6.36. The summed E-state index contributed by atoms with van der Waals surface area (Å²) >= 11 is 0. The van der Waals surface area contributed by atoms with E-state index in [-0.39, 0.29) is 0 Å². The molecule has 1 aliphatic rings. The highest BCUT2D eigenvalue weighted by molar-refractivity contribution is 4.66. The van der Waals surface area contributed by atoms with E-state index in [1.165, 1.54) is 51.4 Å². The standard InChI is InChI=1S/C9H17/c1-2-4-6-8-9-7-5-3-1/h1H,2-9H2. The molecule has 0 nitrogen and oxygen atoms in total. The van der Waals surface area contributed by atoms with Crippen LogP contribution in [0.2, 0.25) is 0 Å². The zero-order valence-electron chi connectivity index (χ0n) is 6.23. The Labute approximate surface area is 58.7 Å². The van der Waals surface area contributed by atoms with E-state index in [0.717, 1.165) is 0 Å². The molecule has 0 atom stereocenters. The molecule has 0 heterocycles. The van der Waals surface area contributed by atoms with Gasteiger partial charge in [0.15, 0.2) is 0 Å². The first-order valence-corrected chi connectivity index (χ1v) is 4.32. The lowest BCUT2D eigenvalue weighted by Gasteiger charge is -1.93. The lowest BCUT2D eigenvalue weighted by atomic mass is 10.1. The molecule has 0 N–H and O–H groups in total. The van der Waals surface area contributed by atoms with Gasteiger partial charge in [0.2, 0.25) is 0 Å². The van der Waals surface area contributed by atoms with Crippen molar-refractivity contribution >= 4 is 0 Å². The van der Waals surface area contributed by atoms with Gasteiger partial charge >= 0.3 is 0 Å². The topological polar surface area (TPSA) is 0 Å². The van der Waals surface area contributed by atoms with Crippen LogP contribution in [0.1, 0.15) is 51.4 Å². The summed E-state index contributed by atoms with van der Waals surface area (Å²) in [4.78, 5) is 0. The van der Waals surface area contributed by atoms with Gasteiger partial charge in [-0.05, 0) is 6.42 Å². The summed E-state index contributed by atoms with van der Waals surface area (Å²) in [5.74, 6) is 0. The fraction of sp³-hybridized carbons (Fsp3) is 0.889. The average Bonchev–Trinajstić information content (AvgIpc) is 2.00. The second kappa shape index (κ2) is 4.84. The normalized spacial score (nSPS) is 24.0. The molecular formula is C9H17. The van der Waals surface area contributed by atoms with E-state index >= 15 is 0 Å². The fourth-order valence-electron chi connectivity index (χ4n) is 1.43. The van der Waals surface area contributed by atoms with E-state index in [4.69, 9.17) is 0 Å². The van der Waals surface area contributed by atoms with Crippen molar-refractivity contribution in [2.75, 3.05) is 0 Å². The smallest absolute Gasteiger partial charge is 0.0386 e. The molecule has 1 fully saturated rings. The highest BCUT2D eigenvalue weighted by atomic mass is 14.0. The Morgan fingerprint density at radius 2 is 1.00 bits per heavy atom. The average molecular weight is 125 g/mol. The lowest BCUT2D eigenvalue weighted by molar-refractivity contribution is 0.624. The molecule has 1 aliphatic carbocycles. The minimum atomic E-state index is 1.38. The second-order valence-corrected chi connectivity index (χ2v) is 2.99. The maximum Gasteiger partial charge on any atom is -0.0386 e. The molecule has 9 heavy (non-hydrogen) atoms. The maximum atomic E-state index is 2.46. The summed E-state index contributed by atoms with van der Waals surface area (Å²) in [5.41, 5.74) is 0. The van der Waals surface area contributed by atoms with Gasteiger partial charge in [-0.3, -0.25) is 0 Å². The molecule has 53 valence electrons. The van der Waals surface area contributed by atoms with Crippen LogP contribution in [-0.4, -0.2) is 0 Å². The summed E-state index contributed by atoms with van der Waals surface area (Å²) in [6.07, 6.45) is 14.0. The largest absolute Gasteiger partial charge is 0.0533 e. The molecular weight excluding hydrogens is 108 g/mol. The van der Waals surface area contributed by atoms with Crippen LogP contribution in [0.5, 0.6) is 0 Å². The van der Waals surface area contributed by atoms with Gasteiger partial charge in [-0.2, -0.15) is 0 Å². The molecule has 0 saturated heterocycles. The van der Waals surface area contributed by atoms with Crippen molar-refractivity contribution in [1.29, 1.82) is 0 Å². The van der Waals surface area contributed by atoms with Gasteiger partial charge in [0, 0.05) is 0 Å². The minimum absolute atomic E-state index is 1.38. The van der Waals surface area contributed by atoms with Crippen LogP contribution in [0.15, 0.2) is 0 Å². The number of hydrogen-bond acceptors (Lipinski definition) is 0. The van der Waals surface area contributed by atoms with E-state index in [9.17, 15) is 0 Å². The third-order valence-electron chi connectivity index (χ3n) is 2.07. The predicted molar refractivity (Wildman–Crippen MR) is 41.2 cm³/mol. The molecule has 1 saturated carbocycles. The first-order chi connectivity index (χ1) is 4.50. The van der Waals surface area contributed by atoms with Crippen LogP contribution in [0, 0.1) is 6.42 Å². The maximum absolute atomic E-state index is 2.46. The van der Waals surface area contributed by atoms with Crippen molar-refractivity contribution in [3.8, 4) is 0 Å². The van der Waals surface area contributed by atoms with Crippen LogP contribution in [-0.2, 0) is 0 Å². The Balaban J connectivity index is 2.02. The Kier molecular flexibility index (Phi) is 3.82. The van der Waals surface area contributed by atoms with E-state index < -0.39 is 0 Å². The zero-order valence-corrected chi connectivity index (χ0v) is 6.23. The Hall–Kier alpha value is 0. The molecule has 0 amide bonds. The van der Waals surface area contributed by atoms with Crippen molar-refractivity contribution in [2.45, 2.75) is 51.4 Å². The predicted octanol–water partition coefficient (Wildman–Crippen LogP) is 3.33. The number of hydrogen-bond donors (Lipinski definition) is 0. The van der Waals surface area contributed by atoms with Crippen LogP contribution >= 0.6 is 0 Å². The Morgan fingerprint density at radius 3 is 1.56 bits per heavy atom. The van der Waals surface area contributed by atoms with Crippen molar-refractivity contribution in [3.63, 3.8) is 0 Å². The second-order valence-electron chi connectivity index (χ2n) is 2.99. The number of rotatable bonds is 0. The molecule has 0 aliphatic heterocycles. The van der Waals surface area contributed by atoms with E-state index in [0.29, 0.717) is 0 Å². The van der Waals surface area contributed by atoms with Crippen molar-refractivity contribution in [1.82, 2.24) is 0 Å². The van der Waals surface area contributed by atoms with Gasteiger partial charge in [-0.25, -0.2) is 0 Å². The summed E-state index contributed by atoms with van der Waals surface area (Å²) in [5, 5.41) is 0. The Morgan fingerprint density at radius 1 is 0.556 bits per heavy atom. The van der Waals surface area contributed by atoms with Gasteiger partial charge < -0.3 is 0 Å². The van der Waals surface area contributed by atoms with E-state index in [1.807, 2.05) is 0 Å². The van der Waals surface area contributed by atoms with Crippen LogP contribution < -0.4 is 0 Å². The van der Waals surface area contributed by atoms with Crippen molar-refractivity contribution in [2.24, 2.45) is 0 Å². The highest BCUT2D eigenvalue weighted by Gasteiger charge is 1.96. The van der Waals surface area contributed by atoms with Crippen LogP contribution in [0.25, 0.3) is 0 Å². The highest BCUT2D eigenvalue weighted by Crippen LogP contribution is 2.14. The lowest BCUT2D eigenvalue weighted by Crippen LogP contribution is -1.75. The summed E-state index contributed by atoms with van der Waals surface area (Å²) in [6.45, 7) is 0. The van der Waals surface area contributed by atoms with Gasteiger partial charge in [0.25, 0.3) is 0 Å². The summed E-state index contributed by atoms with van der Waals surface area (Å²) in [6, 6.07) is 0. The monoisotopic (exact) mass is 125 g/mol. The van der Waals surface area contributed by atoms with Crippen LogP contribution in [0.4, 0.5) is 0 Å². The molecule has 0 bridgehead atoms. The van der Waals surface area contributed by atoms with Gasteiger partial charge in [-0.1, -0.05) is 51.4 Å². The van der Waals surface area contributed by atoms with Gasteiger partial charge in [-0.15, -0.1) is 0 Å². The van der Waals surface area contributed by atoms with Gasteiger partial charge in [0.05, 0.1) is 0 Å². The Bertz CT molecular complexity index is 28.5. The molecule has 1 radical (unpaired) electrons. The third kappa shape index (κ3) is 3.56. The first kappa shape index (κ1) is 7.11. The van der Waals surface area contributed by atoms with Gasteiger partial charge in [0.1, 0.15) is 0 Å². The first-order valence-electron chi connectivity index (χ1n) is 4.32. The molecule has 0 spiro atoms. The van der Waals surface area contributed by atoms with Crippen molar-refractivity contribution < 1.29 is 0 Å². The molecule has 1 rings (SSSR count). The SMILES string of the molecule is [CH]1CCCCCCCC1. The molecule has 0 heteroatoms. The third-order valence-corrected chi connectivity index (χ3v) is 2.07. The quantitative estimate of drug-likeness (QED) is 0.466. The minimum Gasteiger partial charge on any atom is -0.0533 e. The summed E-state index contributed by atoms with van der Waals surface area (Å²) in [7, 11) is 0. The van der Waals surface area contributed by atoms with E-state index in [2.05, 4.69) is 6.42 Å². The van der Waals surface area contributed by atoms with Crippen LogP contribution in [0.3, 0.4) is 0 Å². The fourth-order valence-corrected chi connectivity index (χ4v) is 1.43. The van der Waals surface area contributed by atoms with E-state index in [1.54, 1.807) is 0 Å². The summed E-state index contributed by atoms with van der Waals surface area (Å²) < 4.78 is 0. The molecule has 0 aromatic carbocycles. The molecule has 0 aromatic heterocycles. The molecule has 0 unspecified atom stereocenters. The van der Waals surface area contributed by atoms with Crippen molar-refractivity contribution in [3.05, 3.63) is 6.42 Å².